The van der Waals surface area contributed by atoms with Gasteiger partial charge < -0.3 is 5.32 Å². The number of carbonyl (C=O) groups excluding carboxylic acids is 1. The van der Waals surface area contributed by atoms with Crippen LogP contribution in [-0.4, -0.2) is 31.2 Å². The van der Waals surface area contributed by atoms with Gasteiger partial charge in [0.2, 0.25) is 5.91 Å². The zero-order chi connectivity index (χ0) is 17.2. The Labute approximate surface area is 150 Å². The molecule has 1 saturated heterocycles. The average Bonchev–Trinajstić information content (AvgIpc) is 3.10. The summed E-state index contributed by atoms with van der Waals surface area (Å²) in [6.07, 6.45) is 2.09. The smallest absolute Gasteiger partial charge is 0.253 e. The fourth-order valence-electron chi connectivity index (χ4n) is 2.77. The first kappa shape index (κ1) is 17.4. The predicted molar refractivity (Wildman–Crippen MR) is 95.9 cm³/mol. The number of nitrogens with zero attached hydrogens (tertiary/aromatic N) is 1. The van der Waals surface area contributed by atoms with E-state index in [1.165, 1.54) is 4.31 Å². The molecule has 0 aliphatic carbocycles. The summed E-state index contributed by atoms with van der Waals surface area (Å²) in [6, 6.07) is 9.38. The highest BCUT2D eigenvalue weighted by atomic mass is 35.5. The number of carbonyl (C=O) groups is 1. The SMILES string of the molecule is O=C(Nc1cccc(Cl)c1)C1CCCCN1S(=O)(=O)c1cccs1. The summed E-state index contributed by atoms with van der Waals surface area (Å²) in [5.41, 5.74) is 0.562. The zero-order valence-corrected chi connectivity index (χ0v) is 15.2. The highest BCUT2D eigenvalue weighted by Gasteiger charge is 2.38. The molecule has 128 valence electrons. The summed E-state index contributed by atoms with van der Waals surface area (Å²) in [6.45, 7) is 0.355. The largest absolute Gasteiger partial charge is 0.325 e. The van der Waals surface area contributed by atoms with E-state index >= 15 is 0 Å². The van der Waals surface area contributed by atoms with Gasteiger partial charge in [0.05, 0.1) is 0 Å². The number of sulfonamides is 1. The molecule has 3 rings (SSSR count). The van der Waals surface area contributed by atoms with Crippen molar-refractivity contribution in [3.05, 3.63) is 46.8 Å². The molecule has 2 aromatic rings. The maximum atomic E-state index is 12.8. The van der Waals surface area contributed by atoms with Crippen molar-refractivity contribution in [1.82, 2.24) is 4.31 Å². The monoisotopic (exact) mass is 384 g/mol. The Morgan fingerprint density at radius 2 is 2.08 bits per heavy atom. The molecule has 5 nitrogen and oxygen atoms in total. The highest BCUT2D eigenvalue weighted by molar-refractivity contribution is 7.91. The van der Waals surface area contributed by atoms with Gasteiger partial charge in [0.25, 0.3) is 10.0 Å². The standard InChI is InChI=1S/C16H17ClN2O3S2/c17-12-5-3-6-13(11-12)18-16(20)14-7-1-2-9-19(14)24(21,22)15-8-4-10-23-15/h3-6,8,10-11,14H,1-2,7,9H2,(H,18,20). The van der Waals surface area contributed by atoms with Crippen molar-refractivity contribution < 1.29 is 13.2 Å². The van der Waals surface area contributed by atoms with Gasteiger partial charge in [0.1, 0.15) is 10.3 Å². The number of hydrogen-bond donors (Lipinski definition) is 1. The summed E-state index contributed by atoms with van der Waals surface area (Å²) in [4.78, 5) is 12.6. The van der Waals surface area contributed by atoms with Gasteiger partial charge >= 0.3 is 0 Å². The van der Waals surface area contributed by atoms with Gasteiger partial charge in [-0.1, -0.05) is 30.2 Å². The van der Waals surface area contributed by atoms with Crippen molar-refractivity contribution in [3.63, 3.8) is 0 Å². The van der Waals surface area contributed by atoms with Crippen molar-refractivity contribution in [2.75, 3.05) is 11.9 Å². The van der Waals surface area contributed by atoms with Crippen LogP contribution in [0.1, 0.15) is 19.3 Å². The number of thiophene rings is 1. The van der Waals surface area contributed by atoms with Gasteiger partial charge in [-0.3, -0.25) is 4.79 Å². The van der Waals surface area contributed by atoms with E-state index < -0.39 is 16.1 Å². The number of amides is 1. The molecule has 1 fully saturated rings. The lowest BCUT2D eigenvalue weighted by atomic mass is 10.0. The summed E-state index contributed by atoms with van der Waals surface area (Å²) >= 11 is 7.09. The third kappa shape index (κ3) is 3.64. The minimum Gasteiger partial charge on any atom is -0.325 e. The summed E-state index contributed by atoms with van der Waals surface area (Å²) in [7, 11) is -3.65. The van der Waals surface area contributed by atoms with Crippen molar-refractivity contribution in [2.24, 2.45) is 0 Å². The Balaban J connectivity index is 1.83. The predicted octanol–water partition coefficient (Wildman–Crippen LogP) is 3.58. The maximum absolute atomic E-state index is 12.8. The summed E-state index contributed by atoms with van der Waals surface area (Å²) < 4.78 is 27.2. The van der Waals surface area contributed by atoms with Gasteiger partial charge in [-0.25, -0.2) is 8.42 Å². The van der Waals surface area contributed by atoms with Crippen molar-refractivity contribution in [3.8, 4) is 0 Å². The normalized spacial score (nSPS) is 19.1. The van der Waals surface area contributed by atoms with Crippen LogP contribution in [-0.2, 0) is 14.8 Å². The van der Waals surface area contributed by atoms with Gasteiger partial charge in [-0.05, 0) is 42.5 Å². The Hall–Kier alpha value is -1.41. The van der Waals surface area contributed by atoms with Crippen LogP contribution >= 0.6 is 22.9 Å². The fraction of sp³-hybridized carbons (Fsp3) is 0.312. The van der Waals surface area contributed by atoms with E-state index in [9.17, 15) is 13.2 Å². The maximum Gasteiger partial charge on any atom is 0.253 e. The molecule has 1 aromatic heterocycles. The minimum absolute atomic E-state index is 0.268. The van der Waals surface area contributed by atoms with Crippen LogP contribution in [0.4, 0.5) is 5.69 Å². The average molecular weight is 385 g/mol. The topological polar surface area (TPSA) is 66.5 Å². The number of rotatable bonds is 4. The first-order valence-corrected chi connectivity index (χ1v) is 10.3. The van der Waals surface area contributed by atoms with Gasteiger partial charge in [0, 0.05) is 17.3 Å². The van der Waals surface area contributed by atoms with E-state index in [1.54, 1.807) is 41.8 Å². The second-order valence-electron chi connectivity index (χ2n) is 5.56. The minimum atomic E-state index is -3.65. The first-order chi connectivity index (χ1) is 11.5. The Morgan fingerprint density at radius 1 is 1.25 bits per heavy atom. The van der Waals surface area contributed by atoms with E-state index in [4.69, 9.17) is 11.6 Å². The van der Waals surface area contributed by atoms with Crippen molar-refractivity contribution >= 4 is 44.6 Å². The third-order valence-corrected chi connectivity index (χ3v) is 7.42. The molecular formula is C16H17ClN2O3S2. The Morgan fingerprint density at radius 3 is 2.79 bits per heavy atom. The lowest BCUT2D eigenvalue weighted by Gasteiger charge is -2.33. The molecule has 1 unspecified atom stereocenters. The molecule has 1 aromatic carbocycles. The number of anilines is 1. The molecule has 0 saturated carbocycles. The molecule has 2 heterocycles. The Bertz CT molecular complexity index is 822. The molecule has 1 atom stereocenters. The number of halogens is 1. The number of nitrogens with one attached hydrogen (secondary N) is 1. The third-order valence-electron chi connectivity index (χ3n) is 3.91. The molecule has 0 bridgehead atoms. The number of hydrogen-bond acceptors (Lipinski definition) is 4. The van der Waals surface area contributed by atoms with E-state index in [-0.39, 0.29) is 10.1 Å². The molecule has 24 heavy (non-hydrogen) atoms. The van der Waals surface area contributed by atoms with E-state index in [0.29, 0.717) is 23.7 Å². The van der Waals surface area contributed by atoms with Gasteiger partial charge in [-0.15, -0.1) is 11.3 Å². The molecule has 1 aliphatic heterocycles. The van der Waals surface area contributed by atoms with Crippen LogP contribution < -0.4 is 5.32 Å². The van der Waals surface area contributed by atoms with Gasteiger partial charge in [-0.2, -0.15) is 4.31 Å². The molecule has 1 amide bonds. The van der Waals surface area contributed by atoms with E-state index in [1.807, 2.05) is 0 Å². The lowest BCUT2D eigenvalue weighted by Crippen LogP contribution is -2.49. The quantitative estimate of drug-likeness (QED) is 0.876. The molecule has 0 radical (unpaired) electrons. The van der Waals surface area contributed by atoms with Crippen molar-refractivity contribution in [1.29, 1.82) is 0 Å². The van der Waals surface area contributed by atoms with Crippen LogP contribution in [0.5, 0.6) is 0 Å². The van der Waals surface area contributed by atoms with Crippen LogP contribution in [0.2, 0.25) is 5.02 Å². The summed E-state index contributed by atoms with van der Waals surface area (Å²) in [5.74, 6) is -0.322. The van der Waals surface area contributed by atoms with E-state index in [0.717, 1.165) is 24.2 Å². The lowest BCUT2D eigenvalue weighted by molar-refractivity contribution is -0.120. The molecular weight excluding hydrogens is 368 g/mol. The molecule has 1 aliphatic rings. The zero-order valence-electron chi connectivity index (χ0n) is 12.8. The molecule has 0 spiro atoms. The fourth-order valence-corrected chi connectivity index (χ4v) is 5.74. The molecule has 1 N–H and O–H groups in total. The van der Waals surface area contributed by atoms with Crippen LogP contribution in [0.25, 0.3) is 0 Å². The second-order valence-corrected chi connectivity index (χ2v) is 9.06. The van der Waals surface area contributed by atoms with Crippen LogP contribution in [0.15, 0.2) is 46.0 Å². The Kier molecular flexibility index (Phi) is 5.24. The van der Waals surface area contributed by atoms with Crippen LogP contribution in [0, 0.1) is 0 Å². The molecule has 8 heteroatoms. The second kappa shape index (κ2) is 7.23. The first-order valence-electron chi connectivity index (χ1n) is 7.60. The van der Waals surface area contributed by atoms with Crippen molar-refractivity contribution in [2.45, 2.75) is 29.5 Å². The summed E-state index contributed by atoms with van der Waals surface area (Å²) in [5, 5.41) is 5.01. The number of benzene rings is 1. The van der Waals surface area contributed by atoms with Crippen LogP contribution in [0.3, 0.4) is 0 Å². The highest BCUT2D eigenvalue weighted by Crippen LogP contribution is 2.28. The van der Waals surface area contributed by atoms with E-state index in [2.05, 4.69) is 5.32 Å². The number of piperidine rings is 1. The van der Waals surface area contributed by atoms with Gasteiger partial charge in [0.15, 0.2) is 0 Å².